The molecule has 0 aliphatic carbocycles. The summed E-state index contributed by atoms with van der Waals surface area (Å²) in [4.78, 5) is 33.9. The van der Waals surface area contributed by atoms with Crippen LogP contribution in [0.15, 0.2) is 59.8 Å². The number of nitrogens with zero attached hydrogens (tertiary/aromatic N) is 4. The van der Waals surface area contributed by atoms with Crippen LogP contribution in [0.4, 0.5) is 0 Å². The van der Waals surface area contributed by atoms with Gasteiger partial charge in [0.1, 0.15) is 0 Å². The van der Waals surface area contributed by atoms with E-state index < -0.39 is 10.0 Å². The molecule has 2 aliphatic rings. The summed E-state index contributed by atoms with van der Waals surface area (Å²) in [5.74, 6) is -0.0947. The van der Waals surface area contributed by atoms with Crippen LogP contribution in [0, 0.1) is 0 Å². The summed E-state index contributed by atoms with van der Waals surface area (Å²) in [5, 5.41) is 0. The highest BCUT2D eigenvalue weighted by Gasteiger charge is 2.31. The molecule has 4 rings (SSSR count). The zero-order valence-corrected chi connectivity index (χ0v) is 20.2. The van der Waals surface area contributed by atoms with E-state index in [4.69, 9.17) is 0 Å². The molecule has 8 nitrogen and oxygen atoms in total. The van der Waals surface area contributed by atoms with Gasteiger partial charge in [-0.05, 0) is 42.7 Å². The fourth-order valence-electron chi connectivity index (χ4n) is 4.77. The van der Waals surface area contributed by atoms with E-state index in [1.807, 2.05) is 17.0 Å². The van der Waals surface area contributed by atoms with Crippen molar-refractivity contribution in [3.63, 3.8) is 0 Å². The number of pyridine rings is 1. The predicted octanol–water partition coefficient (Wildman–Crippen LogP) is 2.84. The standard InChI is InChI=1S/C25H32N4O4S/c30-24(27-17-19-28(20-18-27)34(32,33)22-7-3-1-4-8-22)10-11-25(31)29-16-6-2-5-9-23(29)21-12-14-26-15-13-21/h1,3-4,7-8,12-15,23H,2,5-6,9-11,16-20H2. The maximum Gasteiger partial charge on any atom is 0.243 e. The van der Waals surface area contributed by atoms with Crippen LogP contribution in [-0.4, -0.2) is 72.0 Å². The SMILES string of the molecule is O=C(CCC(=O)N1CCCCCC1c1ccncc1)N1CCN(S(=O)(=O)c2ccccc2)CC1. The lowest BCUT2D eigenvalue weighted by molar-refractivity contribution is -0.139. The predicted molar refractivity (Wildman–Crippen MR) is 128 cm³/mol. The van der Waals surface area contributed by atoms with Crippen molar-refractivity contribution >= 4 is 21.8 Å². The Morgan fingerprint density at radius 3 is 2.21 bits per heavy atom. The van der Waals surface area contributed by atoms with Crippen molar-refractivity contribution in [1.29, 1.82) is 0 Å². The molecule has 2 fully saturated rings. The Balaban J connectivity index is 1.31. The summed E-state index contributed by atoms with van der Waals surface area (Å²) in [5.41, 5.74) is 1.09. The van der Waals surface area contributed by atoms with Crippen molar-refractivity contribution in [2.75, 3.05) is 32.7 Å². The second-order valence-corrected chi connectivity index (χ2v) is 10.8. The first kappa shape index (κ1) is 24.3. The molecule has 0 N–H and O–H groups in total. The molecule has 34 heavy (non-hydrogen) atoms. The molecule has 0 spiro atoms. The highest BCUT2D eigenvalue weighted by atomic mass is 32.2. The first-order valence-electron chi connectivity index (χ1n) is 12.0. The third kappa shape index (κ3) is 5.64. The van der Waals surface area contributed by atoms with Crippen LogP contribution < -0.4 is 0 Å². The van der Waals surface area contributed by atoms with Crippen LogP contribution in [0.3, 0.4) is 0 Å². The van der Waals surface area contributed by atoms with Crippen LogP contribution in [0.25, 0.3) is 0 Å². The molecule has 0 bridgehead atoms. The van der Waals surface area contributed by atoms with Crippen LogP contribution in [0.1, 0.15) is 50.1 Å². The van der Waals surface area contributed by atoms with Gasteiger partial charge in [-0.2, -0.15) is 4.31 Å². The zero-order valence-electron chi connectivity index (χ0n) is 19.4. The normalized spacial score (nSPS) is 20.1. The number of piperazine rings is 1. The second kappa shape index (κ2) is 11.1. The van der Waals surface area contributed by atoms with Gasteiger partial charge >= 0.3 is 0 Å². The molecule has 2 amide bonds. The molecule has 3 heterocycles. The maximum atomic E-state index is 13.1. The van der Waals surface area contributed by atoms with Crippen molar-refractivity contribution in [1.82, 2.24) is 19.1 Å². The van der Waals surface area contributed by atoms with Gasteiger partial charge in [0.05, 0.1) is 10.9 Å². The number of hydrogen-bond donors (Lipinski definition) is 0. The van der Waals surface area contributed by atoms with Gasteiger partial charge in [-0.15, -0.1) is 0 Å². The Morgan fingerprint density at radius 2 is 1.50 bits per heavy atom. The molecule has 2 aliphatic heterocycles. The Morgan fingerprint density at radius 1 is 0.824 bits per heavy atom. The van der Waals surface area contributed by atoms with Gasteiger partial charge in [0.25, 0.3) is 0 Å². The zero-order chi connectivity index (χ0) is 24.0. The van der Waals surface area contributed by atoms with E-state index in [1.54, 1.807) is 47.6 Å². The van der Waals surface area contributed by atoms with Crippen molar-refractivity contribution in [2.24, 2.45) is 0 Å². The van der Waals surface area contributed by atoms with Gasteiger partial charge in [0, 0.05) is 58.0 Å². The average molecular weight is 485 g/mol. The van der Waals surface area contributed by atoms with E-state index in [1.165, 1.54) is 4.31 Å². The largest absolute Gasteiger partial charge is 0.340 e. The van der Waals surface area contributed by atoms with Crippen molar-refractivity contribution in [2.45, 2.75) is 49.5 Å². The van der Waals surface area contributed by atoms with Gasteiger partial charge in [-0.3, -0.25) is 14.6 Å². The third-order valence-electron chi connectivity index (χ3n) is 6.69. The molecular formula is C25H32N4O4S. The molecule has 1 aromatic carbocycles. The first-order chi connectivity index (χ1) is 16.5. The molecule has 0 radical (unpaired) electrons. The van der Waals surface area contributed by atoms with Gasteiger partial charge in [-0.25, -0.2) is 8.42 Å². The van der Waals surface area contributed by atoms with E-state index in [-0.39, 0.29) is 48.7 Å². The Bertz CT molecular complexity index is 1070. The lowest BCUT2D eigenvalue weighted by atomic mass is 10.0. The molecular weight excluding hydrogens is 452 g/mol. The molecule has 1 aromatic heterocycles. The van der Waals surface area contributed by atoms with Crippen LogP contribution in [-0.2, 0) is 19.6 Å². The molecule has 2 saturated heterocycles. The summed E-state index contributed by atoms with van der Waals surface area (Å²) in [6.45, 7) is 1.89. The lowest BCUT2D eigenvalue weighted by Crippen LogP contribution is -2.50. The Labute approximate surface area is 201 Å². The van der Waals surface area contributed by atoms with Crippen molar-refractivity contribution < 1.29 is 18.0 Å². The summed E-state index contributed by atoms with van der Waals surface area (Å²) in [7, 11) is -3.56. The van der Waals surface area contributed by atoms with E-state index >= 15 is 0 Å². The summed E-state index contributed by atoms with van der Waals surface area (Å²) >= 11 is 0. The van der Waals surface area contributed by atoms with Crippen LogP contribution in [0.2, 0.25) is 0 Å². The van der Waals surface area contributed by atoms with Crippen molar-refractivity contribution in [3.05, 3.63) is 60.4 Å². The van der Waals surface area contributed by atoms with E-state index in [2.05, 4.69) is 4.98 Å². The molecule has 1 unspecified atom stereocenters. The lowest BCUT2D eigenvalue weighted by Gasteiger charge is -2.34. The van der Waals surface area contributed by atoms with Crippen LogP contribution >= 0.6 is 0 Å². The molecule has 2 aromatic rings. The monoisotopic (exact) mass is 484 g/mol. The number of likely N-dealkylation sites (tertiary alicyclic amines) is 1. The number of benzene rings is 1. The fraction of sp³-hybridized carbons (Fsp3) is 0.480. The minimum Gasteiger partial charge on any atom is -0.340 e. The summed E-state index contributed by atoms with van der Waals surface area (Å²) < 4.78 is 27.0. The van der Waals surface area contributed by atoms with Gasteiger partial charge in [0.2, 0.25) is 21.8 Å². The number of aromatic nitrogens is 1. The quantitative estimate of drug-likeness (QED) is 0.629. The minimum atomic E-state index is -3.56. The topological polar surface area (TPSA) is 90.9 Å². The van der Waals surface area contributed by atoms with E-state index in [0.29, 0.717) is 19.6 Å². The fourth-order valence-corrected chi connectivity index (χ4v) is 6.22. The second-order valence-electron chi connectivity index (χ2n) is 8.83. The number of rotatable bonds is 6. The molecule has 9 heteroatoms. The smallest absolute Gasteiger partial charge is 0.243 e. The van der Waals surface area contributed by atoms with E-state index in [0.717, 1.165) is 31.2 Å². The van der Waals surface area contributed by atoms with E-state index in [9.17, 15) is 18.0 Å². The Kier molecular flexibility index (Phi) is 7.95. The van der Waals surface area contributed by atoms with Crippen molar-refractivity contribution in [3.8, 4) is 0 Å². The highest BCUT2D eigenvalue weighted by molar-refractivity contribution is 7.89. The number of amides is 2. The molecule has 182 valence electrons. The van der Waals surface area contributed by atoms with Crippen LogP contribution in [0.5, 0.6) is 0 Å². The average Bonchev–Trinajstić information content (AvgIpc) is 3.14. The van der Waals surface area contributed by atoms with Gasteiger partial charge in [-0.1, -0.05) is 31.0 Å². The Hall–Kier alpha value is -2.78. The molecule has 0 saturated carbocycles. The van der Waals surface area contributed by atoms with Gasteiger partial charge < -0.3 is 9.80 Å². The maximum absolute atomic E-state index is 13.1. The summed E-state index contributed by atoms with van der Waals surface area (Å²) in [6, 6.07) is 12.3. The highest BCUT2D eigenvalue weighted by Crippen LogP contribution is 2.30. The number of sulfonamides is 1. The third-order valence-corrected chi connectivity index (χ3v) is 8.60. The number of hydrogen-bond acceptors (Lipinski definition) is 5. The van der Waals surface area contributed by atoms with Gasteiger partial charge in [0.15, 0.2) is 0 Å². The number of carbonyl (C=O) groups is 2. The summed E-state index contributed by atoms with van der Waals surface area (Å²) in [6.07, 6.45) is 7.88. The molecule has 1 atom stereocenters. The minimum absolute atomic E-state index is 0.00218. The first-order valence-corrected chi connectivity index (χ1v) is 13.4. The number of carbonyl (C=O) groups excluding carboxylic acids is 2.